The summed E-state index contributed by atoms with van der Waals surface area (Å²) >= 11 is 11.8. The second kappa shape index (κ2) is 7.94. The Morgan fingerprint density at radius 1 is 1.00 bits per heavy atom. The van der Waals surface area contributed by atoms with Gasteiger partial charge in [-0.25, -0.2) is 4.39 Å². The van der Waals surface area contributed by atoms with E-state index in [1.54, 1.807) is 36.4 Å². The number of amides is 2. The Kier molecular flexibility index (Phi) is 5.96. The quantitative estimate of drug-likeness (QED) is 0.802. The van der Waals surface area contributed by atoms with Gasteiger partial charge in [0.15, 0.2) is 0 Å². The van der Waals surface area contributed by atoms with Gasteiger partial charge in [-0.3, -0.25) is 9.59 Å². The zero-order valence-corrected chi connectivity index (χ0v) is 13.4. The van der Waals surface area contributed by atoms with Gasteiger partial charge in [0.2, 0.25) is 11.8 Å². The van der Waals surface area contributed by atoms with Gasteiger partial charge in [0.1, 0.15) is 12.2 Å². The summed E-state index contributed by atoms with van der Waals surface area (Å²) < 4.78 is 13.4. The first-order chi connectivity index (χ1) is 11.0. The van der Waals surface area contributed by atoms with Gasteiger partial charge in [0.05, 0.1) is 15.7 Å². The van der Waals surface area contributed by atoms with Crippen molar-refractivity contribution < 1.29 is 14.0 Å². The van der Waals surface area contributed by atoms with Crippen LogP contribution in [-0.4, -0.2) is 11.8 Å². The van der Waals surface area contributed by atoms with Crippen LogP contribution in [0.25, 0.3) is 0 Å². The maximum atomic E-state index is 13.4. The first-order valence-electron chi connectivity index (χ1n) is 6.71. The Morgan fingerprint density at radius 2 is 1.74 bits per heavy atom. The molecule has 0 aromatic heterocycles. The molecule has 120 valence electrons. The first-order valence-corrected chi connectivity index (χ1v) is 7.47. The van der Waals surface area contributed by atoms with Gasteiger partial charge < -0.3 is 10.6 Å². The highest BCUT2D eigenvalue weighted by molar-refractivity contribution is 6.44. The van der Waals surface area contributed by atoms with Crippen LogP contribution >= 0.6 is 23.2 Å². The predicted molar refractivity (Wildman–Crippen MR) is 88.0 cm³/mol. The molecule has 0 unspecified atom stereocenters. The lowest BCUT2D eigenvalue weighted by atomic mass is 10.2. The van der Waals surface area contributed by atoms with Crippen LogP contribution in [0.15, 0.2) is 42.5 Å². The maximum absolute atomic E-state index is 13.4. The second-order valence-electron chi connectivity index (χ2n) is 4.69. The van der Waals surface area contributed by atoms with E-state index in [4.69, 9.17) is 23.2 Å². The normalized spacial score (nSPS) is 10.2. The Hall–Kier alpha value is -2.11. The number of anilines is 1. The third-order valence-electron chi connectivity index (χ3n) is 2.98. The third kappa shape index (κ3) is 4.94. The molecule has 0 spiro atoms. The van der Waals surface area contributed by atoms with Crippen molar-refractivity contribution in [1.29, 1.82) is 0 Å². The summed E-state index contributed by atoms with van der Waals surface area (Å²) in [6.07, 6.45) is -0.405. The van der Waals surface area contributed by atoms with E-state index >= 15 is 0 Å². The molecule has 2 amide bonds. The highest BCUT2D eigenvalue weighted by atomic mass is 35.5. The average Bonchev–Trinajstić information content (AvgIpc) is 2.51. The fourth-order valence-corrected chi connectivity index (χ4v) is 2.19. The molecular weight excluding hydrogens is 342 g/mol. The van der Waals surface area contributed by atoms with E-state index in [1.807, 2.05) is 0 Å². The van der Waals surface area contributed by atoms with Gasteiger partial charge in [0, 0.05) is 12.1 Å². The first kappa shape index (κ1) is 17.2. The van der Waals surface area contributed by atoms with E-state index < -0.39 is 24.1 Å². The predicted octanol–water partition coefficient (Wildman–Crippen LogP) is 3.78. The number of rotatable bonds is 5. The van der Waals surface area contributed by atoms with Crippen molar-refractivity contribution in [2.75, 3.05) is 5.32 Å². The molecule has 0 radical (unpaired) electrons. The van der Waals surface area contributed by atoms with E-state index in [9.17, 15) is 14.0 Å². The molecule has 2 rings (SSSR count). The lowest BCUT2D eigenvalue weighted by Crippen LogP contribution is -2.28. The Morgan fingerprint density at radius 3 is 2.48 bits per heavy atom. The summed E-state index contributed by atoms with van der Waals surface area (Å²) in [5.74, 6) is -1.48. The number of hydrogen-bond donors (Lipinski definition) is 2. The van der Waals surface area contributed by atoms with Crippen molar-refractivity contribution in [3.63, 3.8) is 0 Å². The van der Waals surface area contributed by atoms with Gasteiger partial charge in [-0.2, -0.15) is 0 Å². The van der Waals surface area contributed by atoms with Crippen LogP contribution in [0, 0.1) is 5.82 Å². The van der Waals surface area contributed by atoms with Crippen LogP contribution in [0.1, 0.15) is 12.0 Å². The number of benzene rings is 2. The monoisotopic (exact) mass is 354 g/mol. The number of hydrogen-bond acceptors (Lipinski definition) is 2. The summed E-state index contributed by atoms with van der Waals surface area (Å²) in [6.45, 7) is 0.0106. The number of halogens is 3. The standard InChI is InChI=1S/C16H13Cl2FN2O2/c17-11-5-3-7-13(16(11)18)21-15(23)8-14(22)20-9-10-4-1-2-6-12(10)19/h1-7H,8-9H2,(H,20,22)(H,21,23). The second-order valence-corrected chi connectivity index (χ2v) is 5.48. The SMILES string of the molecule is O=C(CC(=O)Nc1cccc(Cl)c1Cl)NCc1ccccc1F. The lowest BCUT2D eigenvalue weighted by molar-refractivity contribution is -0.126. The van der Waals surface area contributed by atoms with E-state index in [0.29, 0.717) is 16.3 Å². The van der Waals surface area contributed by atoms with E-state index in [1.165, 1.54) is 6.07 Å². The fourth-order valence-electron chi connectivity index (χ4n) is 1.84. The Bertz CT molecular complexity index is 738. The van der Waals surface area contributed by atoms with Crippen molar-refractivity contribution in [2.45, 2.75) is 13.0 Å². The molecule has 2 aromatic carbocycles. The van der Waals surface area contributed by atoms with Gasteiger partial charge >= 0.3 is 0 Å². The van der Waals surface area contributed by atoms with Gasteiger partial charge in [-0.15, -0.1) is 0 Å². The van der Waals surface area contributed by atoms with Crippen LogP contribution in [-0.2, 0) is 16.1 Å². The van der Waals surface area contributed by atoms with Crippen LogP contribution in [0.4, 0.5) is 10.1 Å². The number of carbonyl (C=O) groups is 2. The van der Waals surface area contributed by atoms with Crippen molar-refractivity contribution in [2.24, 2.45) is 0 Å². The van der Waals surface area contributed by atoms with E-state index in [0.717, 1.165) is 0 Å². The van der Waals surface area contributed by atoms with Crippen molar-refractivity contribution >= 4 is 40.7 Å². The lowest BCUT2D eigenvalue weighted by Gasteiger charge is -2.09. The molecule has 4 nitrogen and oxygen atoms in total. The molecule has 0 atom stereocenters. The summed E-state index contributed by atoms with van der Waals surface area (Å²) in [7, 11) is 0. The van der Waals surface area contributed by atoms with E-state index in [2.05, 4.69) is 10.6 Å². The molecule has 0 aliphatic carbocycles. The molecule has 2 N–H and O–H groups in total. The van der Waals surface area contributed by atoms with Gasteiger partial charge in [0.25, 0.3) is 0 Å². The summed E-state index contributed by atoms with van der Waals surface area (Å²) in [4.78, 5) is 23.5. The molecule has 0 aliphatic rings. The van der Waals surface area contributed by atoms with Crippen LogP contribution in [0.5, 0.6) is 0 Å². The molecule has 0 bridgehead atoms. The molecule has 23 heavy (non-hydrogen) atoms. The molecule has 2 aromatic rings. The van der Waals surface area contributed by atoms with E-state index in [-0.39, 0.29) is 11.6 Å². The fraction of sp³-hybridized carbons (Fsp3) is 0.125. The van der Waals surface area contributed by atoms with Crippen LogP contribution in [0.3, 0.4) is 0 Å². The number of nitrogens with one attached hydrogen (secondary N) is 2. The number of carbonyl (C=O) groups excluding carboxylic acids is 2. The third-order valence-corrected chi connectivity index (χ3v) is 3.80. The molecule has 7 heteroatoms. The summed E-state index contributed by atoms with van der Waals surface area (Å²) in [5.41, 5.74) is 0.671. The smallest absolute Gasteiger partial charge is 0.233 e. The van der Waals surface area contributed by atoms with Crippen LogP contribution in [0.2, 0.25) is 10.0 Å². The maximum Gasteiger partial charge on any atom is 0.233 e. The zero-order valence-electron chi connectivity index (χ0n) is 11.9. The summed E-state index contributed by atoms with van der Waals surface area (Å²) in [5, 5.41) is 5.49. The van der Waals surface area contributed by atoms with Crippen molar-refractivity contribution in [3.8, 4) is 0 Å². The minimum atomic E-state index is -0.541. The molecule has 0 aliphatic heterocycles. The summed E-state index contributed by atoms with van der Waals surface area (Å²) in [6, 6.07) is 10.9. The van der Waals surface area contributed by atoms with Crippen molar-refractivity contribution in [1.82, 2.24) is 5.32 Å². The molecular formula is C16H13Cl2FN2O2. The highest BCUT2D eigenvalue weighted by Crippen LogP contribution is 2.29. The largest absolute Gasteiger partial charge is 0.351 e. The minimum Gasteiger partial charge on any atom is -0.351 e. The average molecular weight is 355 g/mol. The Balaban J connectivity index is 1.86. The molecule has 0 fully saturated rings. The van der Waals surface area contributed by atoms with Gasteiger partial charge in [-0.05, 0) is 18.2 Å². The molecule has 0 saturated carbocycles. The molecule has 0 heterocycles. The molecule has 0 saturated heterocycles. The Labute approximate surface area is 142 Å². The minimum absolute atomic E-state index is 0.0106. The zero-order chi connectivity index (χ0) is 16.8. The van der Waals surface area contributed by atoms with Crippen molar-refractivity contribution in [3.05, 3.63) is 63.9 Å². The van der Waals surface area contributed by atoms with Gasteiger partial charge in [-0.1, -0.05) is 47.5 Å². The van der Waals surface area contributed by atoms with Crippen LogP contribution < -0.4 is 10.6 Å². The highest BCUT2D eigenvalue weighted by Gasteiger charge is 2.12. The topological polar surface area (TPSA) is 58.2 Å².